The van der Waals surface area contributed by atoms with Crippen LogP contribution in [0.25, 0.3) is 0 Å². The number of rotatable bonds is 8. The van der Waals surface area contributed by atoms with E-state index >= 15 is 0 Å². The maximum atomic E-state index is 12.2. The van der Waals surface area contributed by atoms with Crippen molar-refractivity contribution in [1.29, 1.82) is 0 Å². The first-order valence-corrected chi connectivity index (χ1v) is 9.25. The van der Waals surface area contributed by atoms with E-state index < -0.39 is 0 Å². The zero-order valence-electron chi connectivity index (χ0n) is 14.9. The van der Waals surface area contributed by atoms with Crippen molar-refractivity contribution in [3.63, 3.8) is 0 Å². The van der Waals surface area contributed by atoms with Gasteiger partial charge < -0.3 is 15.4 Å². The van der Waals surface area contributed by atoms with E-state index in [1.807, 2.05) is 55.5 Å². The number of hydrogen-bond donors (Lipinski definition) is 2. The van der Waals surface area contributed by atoms with Crippen LogP contribution in [0.5, 0.6) is 5.75 Å². The van der Waals surface area contributed by atoms with Gasteiger partial charge in [0.1, 0.15) is 5.75 Å². The Labute approximate surface area is 158 Å². The first-order valence-electron chi connectivity index (χ1n) is 8.45. The Morgan fingerprint density at radius 2 is 1.68 bits per heavy atom. The monoisotopic (exact) mass is 404 g/mol. The van der Waals surface area contributed by atoms with Crippen LogP contribution >= 0.6 is 15.9 Å². The second-order valence-electron chi connectivity index (χ2n) is 5.96. The summed E-state index contributed by atoms with van der Waals surface area (Å²) in [6.07, 6.45) is 0.905. The summed E-state index contributed by atoms with van der Waals surface area (Å²) < 4.78 is 6.22. The number of carbonyl (C=O) groups excluding carboxylic acids is 1. The van der Waals surface area contributed by atoms with E-state index in [0.717, 1.165) is 27.8 Å². The summed E-state index contributed by atoms with van der Waals surface area (Å²) in [5, 5.41) is 6.36. The minimum atomic E-state index is -0.0246. The zero-order chi connectivity index (χ0) is 18.2. The van der Waals surface area contributed by atoms with E-state index in [1.54, 1.807) is 7.11 Å². The smallest absolute Gasteiger partial charge is 0.234 e. The predicted octanol–water partition coefficient (Wildman–Crippen LogP) is 4.38. The topological polar surface area (TPSA) is 50.4 Å². The van der Waals surface area contributed by atoms with Crippen LogP contribution in [0.15, 0.2) is 53.0 Å². The maximum Gasteiger partial charge on any atom is 0.234 e. The van der Waals surface area contributed by atoms with Crippen molar-refractivity contribution < 1.29 is 9.53 Å². The molecular formula is C20H25BrN2O2. The summed E-state index contributed by atoms with van der Waals surface area (Å²) in [5.74, 6) is 0.821. The van der Waals surface area contributed by atoms with E-state index in [1.165, 1.54) is 0 Å². The summed E-state index contributed by atoms with van der Waals surface area (Å²) in [4.78, 5) is 12.2. The number of ether oxygens (including phenoxy) is 1. The highest BCUT2D eigenvalue weighted by Crippen LogP contribution is 2.20. The van der Waals surface area contributed by atoms with E-state index in [0.29, 0.717) is 0 Å². The van der Waals surface area contributed by atoms with Crippen LogP contribution in [-0.2, 0) is 4.79 Å². The lowest BCUT2D eigenvalue weighted by atomic mass is 10.0. The first kappa shape index (κ1) is 19.5. The van der Waals surface area contributed by atoms with Gasteiger partial charge in [0.15, 0.2) is 0 Å². The third-order valence-corrected chi connectivity index (χ3v) is 4.71. The molecule has 0 bridgehead atoms. The molecule has 0 saturated heterocycles. The van der Waals surface area contributed by atoms with Crippen molar-refractivity contribution in [2.75, 3.05) is 13.7 Å². The molecule has 0 aliphatic carbocycles. The molecule has 5 heteroatoms. The molecule has 2 aromatic rings. The van der Waals surface area contributed by atoms with Crippen molar-refractivity contribution in [2.24, 2.45) is 0 Å². The molecule has 2 rings (SSSR count). The van der Waals surface area contributed by atoms with Gasteiger partial charge in [-0.25, -0.2) is 0 Å². The number of halogens is 1. The van der Waals surface area contributed by atoms with Gasteiger partial charge in [0.05, 0.1) is 19.7 Å². The minimum Gasteiger partial charge on any atom is -0.497 e. The van der Waals surface area contributed by atoms with Gasteiger partial charge in [0.25, 0.3) is 0 Å². The van der Waals surface area contributed by atoms with E-state index in [4.69, 9.17) is 4.74 Å². The summed E-state index contributed by atoms with van der Waals surface area (Å²) >= 11 is 3.42. The molecule has 0 heterocycles. The molecule has 2 unspecified atom stereocenters. The van der Waals surface area contributed by atoms with Gasteiger partial charge in [-0.05, 0) is 48.7 Å². The van der Waals surface area contributed by atoms with Gasteiger partial charge >= 0.3 is 0 Å². The second-order valence-corrected chi connectivity index (χ2v) is 6.87. The molecule has 1 amide bonds. The lowest BCUT2D eigenvalue weighted by Crippen LogP contribution is -2.36. The Kier molecular flexibility index (Phi) is 7.47. The van der Waals surface area contributed by atoms with Crippen LogP contribution in [0.3, 0.4) is 0 Å². The Balaban J connectivity index is 1.87. The molecule has 0 radical (unpaired) electrons. The third-order valence-electron chi connectivity index (χ3n) is 4.18. The summed E-state index contributed by atoms with van der Waals surface area (Å²) in [5.41, 5.74) is 2.23. The van der Waals surface area contributed by atoms with Gasteiger partial charge in [-0.1, -0.05) is 47.1 Å². The Morgan fingerprint density at radius 1 is 1.08 bits per heavy atom. The molecule has 25 heavy (non-hydrogen) atoms. The predicted molar refractivity (Wildman–Crippen MR) is 105 cm³/mol. The van der Waals surface area contributed by atoms with Gasteiger partial charge in [-0.2, -0.15) is 0 Å². The number of amides is 1. The van der Waals surface area contributed by atoms with Crippen LogP contribution in [0.1, 0.15) is 43.5 Å². The zero-order valence-corrected chi connectivity index (χ0v) is 16.5. The van der Waals surface area contributed by atoms with Crippen LogP contribution < -0.4 is 15.4 Å². The fourth-order valence-electron chi connectivity index (χ4n) is 2.68. The summed E-state index contributed by atoms with van der Waals surface area (Å²) in [6, 6.07) is 16.0. The molecule has 0 saturated carbocycles. The summed E-state index contributed by atoms with van der Waals surface area (Å²) in [6.45, 7) is 4.37. The largest absolute Gasteiger partial charge is 0.497 e. The average Bonchev–Trinajstić information content (AvgIpc) is 2.63. The third kappa shape index (κ3) is 5.87. The molecule has 0 aliphatic rings. The van der Waals surface area contributed by atoms with Crippen molar-refractivity contribution in [2.45, 2.75) is 32.4 Å². The number of carbonyl (C=O) groups is 1. The number of methoxy groups -OCH3 is 1. The Bertz CT molecular complexity index is 671. The number of hydrogen-bond acceptors (Lipinski definition) is 3. The van der Waals surface area contributed by atoms with Crippen molar-refractivity contribution >= 4 is 21.8 Å². The maximum absolute atomic E-state index is 12.2. The molecule has 0 spiro atoms. The van der Waals surface area contributed by atoms with Crippen molar-refractivity contribution in [3.8, 4) is 5.75 Å². The number of benzene rings is 2. The Hall–Kier alpha value is -1.85. The van der Waals surface area contributed by atoms with Gasteiger partial charge in [-0.3, -0.25) is 4.79 Å². The molecule has 2 N–H and O–H groups in total. The molecule has 2 atom stereocenters. The van der Waals surface area contributed by atoms with Crippen molar-refractivity contribution in [1.82, 2.24) is 10.6 Å². The van der Waals surface area contributed by atoms with Crippen LogP contribution in [-0.4, -0.2) is 19.6 Å². The lowest BCUT2D eigenvalue weighted by molar-refractivity contribution is -0.121. The molecule has 0 fully saturated rings. The van der Waals surface area contributed by atoms with E-state index in [2.05, 4.69) is 33.5 Å². The highest BCUT2D eigenvalue weighted by atomic mass is 79.9. The van der Waals surface area contributed by atoms with Crippen LogP contribution in [0.2, 0.25) is 0 Å². The molecular weight excluding hydrogens is 380 g/mol. The minimum absolute atomic E-state index is 0.0117. The highest BCUT2D eigenvalue weighted by Gasteiger charge is 2.13. The fourth-order valence-corrected chi connectivity index (χ4v) is 2.94. The normalized spacial score (nSPS) is 13.1. The van der Waals surface area contributed by atoms with Crippen molar-refractivity contribution in [3.05, 3.63) is 64.1 Å². The van der Waals surface area contributed by atoms with E-state index in [-0.39, 0.29) is 24.5 Å². The van der Waals surface area contributed by atoms with Crippen LogP contribution in [0.4, 0.5) is 0 Å². The second kappa shape index (κ2) is 9.59. The number of nitrogens with one attached hydrogen (secondary N) is 2. The summed E-state index contributed by atoms with van der Waals surface area (Å²) in [7, 11) is 1.65. The van der Waals surface area contributed by atoms with Crippen LogP contribution in [0, 0.1) is 0 Å². The van der Waals surface area contributed by atoms with E-state index in [9.17, 15) is 4.79 Å². The van der Waals surface area contributed by atoms with Gasteiger partial charge in [0.2, 0.25) is 5.91 Å². The lowest BCUT2D eigenvalue weighted by Gasteiger charge is -2.19. The molecule has 2 aromatic carbocycles. The standard InChI is InChI=1S/C20H25BrN2O2/c1-4-19(16-7-11-18(25-3)12-8-16)22-13-20(24)23-14(2)15-5-9-17(21)10-6-15/h5-12,14,19,22H,4,13H2,1-3H3,(H,23,24). The molecule has 0 aliphatic heterocycles. The fraction of sp³-hybridized carbons (Fsp3) is 0.350. The average molecular weight is 405 g/mol. The quantitative estimate of drug-likeness (QED) is 0.686. The molecule has 134 valence electrons. The SMILES string of the molecule is CCC(NCC(=O)NC(C)c1ccc(Br)cc1)c1ccc(OC)cc1. The van der Waals surface area contributed by atoms with Gasteiger partial charge in [-0.15, -0.1) is 0 Å². The first-order chi connectivity index (χ1) is 12.0. The molecule has 0 aromatic heterocycles. The Morgan fingerprint density at radius 3 is 2.24 bits per heavy atom. The molecule has 4 nitrogen and oxygen atoms in total. The van der Waals surface area contributed by atoms with Gasteiger partial charge in [0, 0.05) is 10.5 Å². The highest BCUT2D eigenvalue weighted by molar-refractivity contribution is 9.10.